The molecule has 0 fully saturated rings. The molecule has 7 heteroatoms. The Bertz CT molecular complexity index is 703. The summed E-state index contributed by atoms with van der Waals surface area (Å²) in [7, 11) is 1.48. The van der Waals surface area contributed by atoms with E-state index in [1.54, 1.807) is 23.6 Å². The van der Waals surface area contributed by atoms with Crippen LogP contribution in [0.2, 0.25) is 0 Å². The highest BCUT2D eigenvalue weighted by Gasteiger charge is 2.22. The highest BCUT2D eigenvalue weighted by atomic mass is 79.9. The Balaban J connectivity index is 2.76. The minimum absolute atomic E-state index is 0.273. The molecular weight excluding hydrogens is 326 g/mol. The van der Waals surface area contributed by atoms with Crippen LogP contribution in [-0.4, -0.2) is 29.1 Å². The van der Waals surface area contributed by atoms with Crippen LogP contribution < -0.4 is 4.74 Å². The quantitative estimate of drug-likeness (QED) is 0.631. The molecule has 0 amide bonds. The van der Waals surface area contributed by atoms with Crippen molar-refractivity contribution in [3.63, 3.8) is 0 Å². The SMILES string of the molecule is CCOC(=O)c1c(CBr)nc2c(C#N)c(OC)ccn12. The van der Waals surface area contributed by atoms with Gasteiger partial charge in [0.1, 0.15) is 17.4 Å². The van der Waals surface area contributed by atoms with Gasteiger partial charge >= 0.3 is 5.97 Å². The lowest BCUT2D eigenvalue weighted by Gasteiger charge is -2.06. The largest absolute Gasteiger partial charge is 0.495 e. The molecule has 0 aliphatic rings. The van der Waals surface area contributed by atoms with Crippen molar-refractivity contribution < 1.29 is 14.3 Å². The highest BCUT2D eigenvalue weighted by molar-refractivity contribution is 9.08. The van der Waals surface area contributed by atoms with Gasteiger partial charge in [-0.05, 0) is 13.0 Å². The average Bonchev–Trinajstić information content (AvgIpc) is 2.84. The summed E-state index contributed by atoms with van der Waals surface area (Å²) in [6, 6.07) is 3.67. The first kappa shape index (κ1) is 14.3. The number of aromatic nitrogens is 2. The zero-order valence-corrected chi connectivity index (χ0v) is 12.6. The number of hydrogen-bond acceptors (Lipinski definition) is 5. The zero-order chi connectivity index (χ0) is 14.7. The number of carbonyl (C=O) groups is 1. The second-order valence-electron chi connectivity index (χ2n) is 3.83. The van der Waals surface area contributed by atoms with E-state index in [0.717, 1.165) is 0 Å². The number of esters is 1. The first-order valence-electron chi connectivity index (χ1n) is 5.89. The number of carbonyl (C=O) groups excluding carboxylic acids is 1. The molecule has 0 radical (unpaired) electrons. The number of fused-ring (bicyclic) bond motifs is 1. The summed E-state index contributed by atoms with van der Waals surface area (Å²) in [4.78, 5) is 16.4. The van der Waals surface area contributed by atoms with Gasteiger partial charge < -0.3 is 9.47 Å². The predicted molar refractivity (Wildman–Crippen MR) is 75.0 cm³/mol. The molecule has 6 nitrogen and oxygen atoms in total. The molecule has 2 rings (SSSR count). The van der Waals surface area contributed by atoms with Crippen LogP contribution in [0.3, 0.4) is 0 Å². The van der Waals surface area contributed by atoms with E-state index in [0.29, 0.717) is 28.1 Å². The van der Waals surface area contributed by atoms with Gasteiger partial charge in [0.05, 0.1) is 19.4 Å². The summed E-state index contributed by atoms with van der Waals surface area (Å²) in [5.41, 5.74) is 1.50. The fourth-order valence-corrected chi connectivity index (χ4v) is 2.31. The third kappa shape index (κ3) is 2.23. The second kappa shape index (κ2) is 5.92. The van der Waals surface area contributed by atoms with Crippen LogP contribution in [-0.2, 0) is 10.1 Å². The summed E-state index contributed by atoms with van der Waals surface area (Å²) in [6.07, 6.45) is 1.64. The molecule has 0 N–H and O–H groups in total. The summed E-state index contributed by atoms with van der Waals surface area (Å²) in [5, 5.41) is 9.64. The summed E-state index contributed by atoms with van der Waals surface area (Å²) in [6.45, 7) is 2.01. The number of methoxy groups -OCH3 is 1. The molecule has 0 saturated carbocycles. The standard InChI is InChI=1S/C13H12BrN3O3/c1-3-20-13(18)11-9(6-14)16-12-8(7-15)10(19-2)4-5-17(11)12/h4-5H,3,6H2,1-2H3. The minimum atomic E-state index is -0.469. The molecule has 0 aliphatic heterocycles. The molecule has 0 spiro atoms. The van der Waals surface area contributed by atoms with Crippen molar-refractivity contribution in [1.82, 2.24) is 9.38 Å². The Morgan fingerprint density at radius 2 is 2.35 bits per heavy atom. The molecule has 20 heavy (non-hydrogen) atoms. The Hall–Kier alpha value is -2.07. The second-order valence-corrected chi connectivity index (χ2v) is 4.39. The maximum Gasteiger partial charge on any atom is 0.357 e. The van der Waals surface area contributed by atoms with Crippen molar-refractivity contribution in [3.05, 3.63) is 29.2 Å². The van der Waals surface area contributed by atoms with E-state index in [-0.39, 0.29) is 12.2 Å². The van der Waals surface area contributed by atoms with Crippen molar-refractivity contribution in [2.45, 2.75) is 12.3 Å². The number of alkyl halides is 1. The van der Waals surface area contributed by atoms with E-state index in [1.807, 2.05) is 6.07 Å². The van der Waals surface area contributed by atoms with E-state index in [1.165, 1.54) is 7.11 Å². The van der Waals surface area contributed by atoms with Crippen molar-refractivity contribution >= 4 is 27.5 Å². The van der Waals surface area contributed by atoms with Gasteiger partial charge in [-0.1, -0.05) is 15.9 Å². The topological polar surface area (TPSA) is 76.6 Å². The molecule has 2 aromatic rings. The van der Waals surface area contributed by atoms with E-state index >= 15 is 0 Å². The molecule has 0 aromatic carbocycles. The lowest BCUT2D eigenvalue weighted by atomic mass is 10.2. The van der Waals surface area contributed by atoms with Gasteiger partial charge in [-0.25, -0.2) is 9.78 Å². The fourth-order valence-electron chi connectivity index (χ4n) is 1.92. The molecule has 104 valence electrons. The summed E-state index contributed by atoms with van der Waals surface area (Å²) in [5.74, 6) is -0.0509. The average molecular weight is 338 g/mol. The molecule has 0 aliphatic carbocycles. The number of hydrogen-bond donors (Lipinski definition) is 0. The van der Waals surface area contributed by atoms with Crippen molar-refractivity contribution in [2.75, 3.05) is 13.7 Å². The molecular formula is C13H12BrN3O3. The lowest BCUT2D eigenvalue weighted by Crippen LogP contribution is -2.10. The predicted octanol–water partition coefficient (Wildman–Crippen LogP) is 2.29. The normalized spacial score (nSPS) is 10.3. The number of pyridine rings is 1. The van der Waals surface area contributed by atoms with Crippen molar-refractivity contribution in [2.24, 2.45) is 0 Å². The monoisotopic (exact) mass is 337 g/mol. The van der Waals surface area contributed by atoms with Crippen LogP contribution in [0, 0.1) is 11.3 Å². The van der Waals surface area contributed by atoms with Crippen LogP contribution in [0.25, 0.3) is 5.65 Å². The molecule has 2 heterocycles. The summed E-state index contributed by atoms with van der Waals surface area (Å²) >= 11 is 3.29. The Labute approximate surface area is 124 Å². The molecule has 0 bridgehead atoms. The third-order valence-corrected chi connectivity index (χ3v) is 3.29. The van der Waals surface area contributed by atoms with Crippen LogP contribution in [0.1, 0.15) is 28.7 Å². The lowest BCUT2D eigenvalue weighted by molar-refractivity contribution is 0.0517. The first-order valence-corrected chi connectivity index (χ1v) is 7.01. The molecule has 0 atom stereocenters. The van der Waals surface area contributed by atoms with Gasteiger partial charge in [-0.15, -0.1) is 0 Å². The van der Waals surface area contributed by atoms with Gasteiger partial charge in [0.2, 0.25) is 0 Å². The Morgan fingerprint density at radius 3 is 2.90 bits per heavy atom. The fraction of sp³-hybridized carbons (Fsp3) is 0.308. The first-order chi connectivity index (χ1) is 9.67. The van der Waals surface area contributed by atoms with E-state index < -0.39 is 5.97 Å². The smallest absolute Gasteiger partial charge is 0.357 e. The maximum atomic E-state index is 12.0. The zero-order valence-electron chi connectivity index (χ0n) is 11.0. The van der Waals surface area contributed by atoms with Crippen LogP contribution >= 0.6 is 15.9 Å². The number of ether oxygens (including phenoxy) is 2. The van der Waals surface area contributed by atoms with Crippen molar-refractivity contribution in [1.29, 1.82) is 5.26 Å². The van der Waals surface area contributed by atoms with Crippen LogP contribution in [0.5, 0.6) is 5.75 Å². The maximum absolute atomic E-state index is 12.0. The summed E-state index contributed by atoms with van der Waals surface area (Å²) < 4.78 is 11.7. The van der Waals surface area contributed by atoms with Gasteiger partial charge in [0.15, 0.2) is 11.3 Å². The van der Waals surface area contributed by atoms with Gasteiger partial charge in [-0.3, -0.25) is 4.40 Å². The molecule has 2 aromatic heterocycles. The van der Waals surface area contributed by atoms with E-state index in [9.17, 15) is 10.1 Å². The number of nitriles is 1. The number of nitrogens with zero attached hydrogens (tertiary/aromatic N) is 3. The third-order valence-electron chi connectivity index (χ3n) is 2.76. The number of imidazole rings is 1. The van der Waals surface area contributed by atoms with Crippen molar-refractivity contribution in [3.8, 4) is 11.8 Å². The number of halogens is 1. The minimum Gasteiger partial charge on any atom is -0.495 e. The van der Waals surface area contributed by atoms with Crippen LogP contribution in [0.15, 0.2) is 12.3 Å². The van der Waals surface area contributed by atoms with Crippen LogP contribution in [0.4, 0.5) is 0 Å². The van der Waals surface area contributed by atoms with Gasteiger partial charge in [0.25, 0.3) is 0 Å². The molecule has 0 saturated heterocycles. The Morgan fingerprint density at radius 1 is 1.60 bits per heavy atom. The van der Waals surface area contributed by atoms with E-state index in [4.69, 9.17) is 9.47 Å². The van der Waals surface area contributed by atoms with Gasteiger partial charge in [-0.2, -0.15) is 5.26 Å². The van der Waals surface area contributed by atoms with Gasteiger partial charge in [0, 0.05) is 11.5 Å². The van der Waals surface area contributed by atoms with E-state index in [2.05, 4.69) is 20.9 Å². The Kier molecular flexibility index (Phi) is 4.25. The molecule has 0 unspecified atom stereocenters. The highest BCUT2D eigenvalue weighted by Crippen LogP contribution is 2.25. The number of rotatable bonds is 4.